The SMILES string of the molecule is CCCOc1cc(NC(=O)O)c(NC(=O)CC(=O)c2cccc(-c3cc(C)nc(C)c3)c2)cc1C(F)(F)F. The highest BCUT2D eigenvalue weighted by Gasteiger charge is 2.36. The smallest absolute Gasteiger partial charge is 0.420 e. The molecule has 0 aliphatic carbocycles. The molecule has 0 bridgehead atoms. The van der Waals surface area contributed by atoms with Crippen LogP contribution >= 0.6 is 0 Å². The molecular weight excluding hydrogens is 503 g/mol. The van der Waals surface area contributed by atoms with Crippen LogP contribution in [0.4, 0.5) is 29.3 Å². The van der Waals surface area contributed by atoms with E-state index in [-0.39, 0.29) is 17.9 Å². The second-order valence-corrected chi connectivity index (χ2v) is 8.54. The average Bonchev–Trinajstić information content (AvgIpc) is 2.82. The van der Waals surface area contributed by atoms with Crippen molar-refractivity contribution < 1.29 is 37.4 Å². The zero-order chi connectivity index (χ0) is 28.0. The third-order valence-corrected chi connectivity index (χ3v) is 5.32. The van der Waals surface area contributed by atoms with Gasteiger partial charge in [-0.25, -0.2) is 4.79 Å². The number of hydrogen-bond donors (Lipinski definition) is 3. The number of nitrogens with one attached hydrogen (secondary N) is 2. The van der Waals surface area contributed by atoms with Crippen molar-refractivity contribution in [3.63, 3.8) is 0 Å². The number of ketones is 1. The maximum Gasteiger partial charge on any atom is 0.420 e. The van der Waals surface area contributed by atoms with E-state index in [2.05, 4.69) is 10.3 Å². The van der Waals surface area contributed by atoms with Crippen LogP contribution in [0.1, 0.15) is 47.1 Å². The van der Waals surface area contributed by atoms with Crippen molar-refractivity contribution in [3.8, 4) is 16.9 Å². The Bertz CT molecular complexity index is 1350. The van der Waals surface area contributed by atoms with E-state index in [0.717, 1.165) is 28.6 Å². The van der Waals surface area contributed by atoms with Crippen LogP contribution in [0.25, 0.3) is 11.1 Å². The molecule has 3 aromatic rings. The van der Waals surface area contributed by atoms with Crippen LogP contribution in [0.15, 0.2) is 48.5 Å². The Morgan fingerprint density at radius 3 is 2.21 bits per heavy atom. The minimum absolute atomic E-state index is 0.0342. The molecule has 3 N–H and O–H groups in total. The number of aryl methyl sites for hydroxylation is 2. The number of nitrogens with zero attached hydrogens (tertiary/aromatic N) is 1. The number of rotatable bonds is 9. The number of benzene rings is 2. The van der Waals surface area contributed by atoms with Gasteiger partial charge in [-0.3, -0.25) is 19.9 Å². The van der Waals surface area contributed by atoms with E-state index in [1.807, 2.05) is 31.3 Å². The van der Waals surface area contributed by atoms with Crippen molar-refractivity contribution >= 4 is 29.2 Å². The van der Waals surface area contributed by atoms with Gasteiger partial charge in [0.25, 0.3) is 0 Å². The van der Waals surface area contributed by atoms with Crippen LogP contribution in [0.2, 0.25) is 0 Å². The fraction of sp³-hybridized carbons (Fsp3) is 0.259. The molecule has 0 saturated heterocycles. The maximum atomic E-state index is 13.7. The molecule has 0 radical (unpaired) electrons. The largest absolute Gasteiger partial charge is 0.493 e. The lowest BCUT2D eigenvalue weighted by molar-refractivity contribution is -0.139. The van der Waals surface area contributed by atoms with E-state index in [1.54, 1.807) is 25.1 Å². The standard InChI is InChI=1S/C27H26F3N3O5/c1-4-8-38-24-13-22(33-26(36)37)21(12-20(24)27(28,29)30)32-25(35)14-23(34)18-7-5-6-17(11-18)19-9-15(2)31-16(3)10-19/h5-7,9-13,33H,4,8,14H2,1-3H3,(H,32,35)(H,36,37). The first-order valence-electron chi connectivity index (χ1n) is 11.6. The molecule has 2 amide bonds. The van der Waals surface area contributed by atoms with Crippen molar-refractivity contribution in [1.82, 2.24) is 4.98 Å². The number of carbonyl (C=O) groups is 3. The molecule has 0 aliphatic heterocycles. The summed E-state index contributed by atoms with van der Waals surface area (Å²) in [5.41, 5.74) is 1.41. The molecule has 0 aliphatic rings. The second-order valence-electron chi connectivity index (χ2n) is 8.54. The molecule has 0 fully saturated rings. The first-order chi connectivity index (χ1) is 17.9. The number of anilines is 2. The van der Waals surface area contributed by atoms with Crippen molar-refractivity contribution in [1.29, 1.82) is 0 Å². The summed E-state index contributed by atoms with van der Waals surface area (Å²) in [5, 5.41) is 13.3. The highest BCUT2D eigenvalue weighted by Crippen LogP contribution is 2.41. The van der Waals surface area contributed by atoms with Gasteiger partial charge in [-0.2, -0.15) is 13.2 Å². The van der Waals surface area contributed by atoms with Gasteiger partial charge in [-0.05, 0) is 55.7 Å². The molecule has 38 heavy (non-hydrogen) atoms. The summed E-state index contributed by atoms with van der Waals surface area (Å²) in [6, 6.07) is 11.7. The molecule has 0 spiro atoms. The van der Waals surface area contributed by atoms with Gasteiger partial charge < -0.3 is 15.2 Å². The quantitative estimate of drug-likeness (QED) is 0.216. The molecule has 0 saturated carbocycles. The Morgan fingerprint density at radius 2 is 1.61 bits per heavy atom. The Kier molecular flexibility index (Phi) is 8.72. The van der Waals surface area contributed by atoms with Crippen LogP contribution in [-0.2, 0) is 11.0 Å². The van der Waals surface area contributed by atoms with E-state index >= 15 is 0 Å². The normalized spacial score (nSPS) is 11.1. The monoisotopic (exact) mass is 529 g/mol. The fourth-order valence-electron chi connectivity index (χ4n) is 3.77. The summed E-state index contributed by atoms with van der Waals surface area (Å²) in [4.78, 5) is 41.1. The van der Waals surface area contributed by atoms with E-state index in [1.165, 1.54) is 6.07 Å². The lowest BCUT2D eigenvalue weighted by atomic mass is 9.99. The van der Waals surface area contributed by atoms with E-state index in [0.29, 0.717) is 12.5 Å². The molecule has 0 unspecified atom stereocenters. The number of amides is 2. The molecule has 1 aromatic heterocycles. The van der Waals surface area contributed by atoms with E-state index in [4.69, 9.17) is 9.84 Å². The lowest BCUT2D eigenvalue weighted by Gasteiger charge is -2.18. The zero-order valence-electron chi connectivity index (χ0n) is 20.9. The first kappa shape index (κ1) is 28.2. The van der Waals surface area contributed by atoms with Crippen LogP contribution in [0, 0.1) is 13.8 Å². The van der Waals surface area contributed by atoms with Crippen molar-refractivity contribution in [2.75, 3.05) is 17.2 Å². The van der Waals surface area contributed by atoms with Gasteiger partial charge in [0.2, 0.25) is 5.91 Å². The highest BCUT2D eigenvalue weighted by molar-refractivity contribution is 6.12. The zero-order valence-corrected chi connectivity index (χ0v) is 20.9. The Morgan fingerprint density at radius 1 is 0.947 bits per heavy atom. The number of aromatic nitrogens is 1. The van der Waals surface area contributed by atoms with Crippen molar-refractivity contribution in [2.45, 2.75) is 39.8 Å². The molecule has 11 heteroatoms. The second kappa shape index (κ2) is 11.8. The molecule has 8 nitrogen and oxygen atoms in total. The summed E-state index contributed by atoms with van der Waals surface area (Å²) in [6.07, 6.45) is -6.67. The van der Waals surface area contributed by atoms with Gasteiger partial charge >= 0.3 is 12.3 Å². The summed E-state index contributed by atoms with van der Waals surface area (Å²) < 4.78 is 46.1. The number of alkyl halides is 3. The summed E-state index contributed by atoms with van der Waals surface area (Å²) in [6.45, 7) is 5.35. The van der Waals surface area contributed by atoms with Gasteiger partial charge in [0.15, 0.2) is 5.78 Å². The molecule has 0 atom stereocenters. The molecule has 3 rings (SSSR count). The number of ether oxygens (including phenoxy) is 1. The summed E-state index contributed by atoms with van der Waals surface area (Å²) in [5.74, 6) is -2.08. The average molecular weight is 530 g/mol. The summed E-state index contributed by atoms with van der Waals surface area (Å²) >= 11 is 0. The highest BCUT2D eigenvalue weighted by atomic mass is 19.4. The number of hydrogen-bond acceptors (Lipinski definition) is 5. The van der Waals surface area contributed by atoms with E-state index in [9.17, 15) is 27.6 Å². The molecule has 1 heterocycles. The first-order valence-corrected chi connectivity index (χ1v) is 11.6. The van der Waals surface area contributed by atoms with Crippen molar-refractivity contribution in [3.05, 3.63) is 71.0 Å². The predicted octanol–water partition coefficient (Wildman–Crippen LogP) is 6.47. The van der Waals surface area contributed by atoms with Gasteiger partial charge in [0.05, 0.1) is 30.0 Å². The van der Waals surface area contributed by atoms with Crippen LogP contribution in [0.3, 0.4) is 0 Å². The number of Topliss-reactive ketones (excluding diaryl/α,β-unsaturated/α-hetero) is 1. The Labute approximate surface area is 216 Å². The number of halogens is 3. The molecular formula is C27H26F3N3O5. The third kappa shape index (κ3) is 7.31. The minimum atomic E-state index is -4.84. The Hall–Kier alpha value is -4.41. The van der Waals surface area contributed by atoms with Crippen LogP contribution in [0.5, 0.6) is 5.75 Å². The van der Waals surface area contributed by atoms with Gasteiger partial charge in [-0.15, -0.1) is 0 Å². The third-order valence-electron chi connectivity index (χ3n) is 5.32. The fourth-order valence-corrected chi connectivity index (χ4v) is 3.77. The number of carboxylic acid groups (broad SMARTS) is 1. The van der Waals surface area contributed by atoms with Gasteiger partial charge in [0.1, 0.15) is 5.75 Å². The predicted molar refractivity (Wildman–Crippen MR) is 136 cm³/mol. The molecule has 200 valence electrons. The lowest BCUT2D eigenvalue weighted by Crippen LogP contribution is -2.20. The maximum absolute atomic E-state index is 13.7. The summed E-state index contributed by atoms with van der Waals surface area (Å²) in [7, 11) is 0. The van der Waals surface area contributed by atoms with Crippen LogP contribution < -0.4 is 15.4 Å². The van der Waals surface area contributed by atoms with Crippen LogP contribution in [-0.4, -0.2) is 34.5 Å². The van der Waals surface area contributed by atoms with E-state index < -0.39 is 47.4 Å². The molecule has 2 aromatic carbocycles. The number of carbonyl (C=O) groups excluding carboxylic acids is 2. The van der Waals surface area contributed by atoms with Gasteiger partial charge in [-0.1, -0.05) is 25.1 Å². The number of pyridine rings is 1. The minimum Gasteiger partial charge on any atom is -0.493 e. The Balaban J connectivity index is 1.86. The van der Waals surface area contributed by atoms with Gasteiger partial charge in [0, 0.05) is 23.0 Å². The topological polar surface area (TPSA) is 118 Å². The van der Waals surface area contributed by atoms with Crippen molar-refractivity contribution in [2.24, 2.45) is 0 Å².